The minimum absolute atomic E-state index is 0.0156. The Kier molecular flexibility index (Phi) is 6.64. The lowest BCUT2D eigenvalue weighted by Gasteiger charge is -2.21. The number of thioether (sulfide) groups is 2. The zero-order chi connectivity index (χ0) is 17.5. The van der Waals surface area contributed by atoms with Crippen LogP contribution < -0.4 is 10.1 Å². The van der Waals surface area contributed by atoms with E-state index in [1.54, 1.807) is 12.4 Å². The number of nitrogens with zero attached hydrogens (tertiary/aromatic N) is 1. The monoisotopic (exact) mass is 374 g/mol. The molecule has 1 aliphatic heterocycles. The zero-order valence-electron chi connectivity index (χ0n) is 14.2. The summed E-state index contributed by atoms with van der Waals surface area (Å²) in [5.74, 6) is 3.05. The van der Waals surface area contributed by atoms with Crippen LogP contribution in [0.3, 0.4) is 0 Å². The third-order valence-corrected chi connectivity index (χ3v) is 6.95. The number of nitrogens with one attached hydrogen (secondary N) is 1. The number of hydrogen-bond donors (Lipinski definition) is 1. The molecular weight excluding hydrogens is 352 g/mol. The molecule has 1 N–H and O–H groups in total. The first-order valence-corrected chi connectivity index (χ1v) is 10.5. The first-order valence-electron chi connectivity index (χ1n) is 8.37. The van der Waals surface area contributed by atoms with Gasteiger partial charge in [0.2, 0.25) is 0 Å². The number of ether oxygens (including phenoxy) is 1. The molecule has 1 amide bonds. The van der Waals surface area contributed by atoms with Crippen molar-refractivity contribution in [3.8, 4) is 5.75 Å². The van der Waals surface area contributed by atoms with Gasteiger partial charge >= 0.3 is 0 Å². The van der Waals surface area contributed by atoms with E-state index in [1.807, 2.05) is 54.7 Å². The fourth-order valence-corrected chi connectivity index (χ4v) is 5.46. The number of aromatic nitrogens is 1. The maximum atomic E-state index is 12.1. The lowest BCUT2D eigenvalue weighted by Crippen LogP contribution is -2.31. The van der Waals surface area contributed by atoms with Gasteiger partial charge in [0.15, 0.2) is 6.61 Å². The molecule has 6 heteroatoms. The van der Waals surface area contributed by atoms with Crippen LogP contribution in [0.2, 0.25) is 0 Å². The van der Waals surface area contributed by atoms with Gasteiger partial charge in [-0.1, -0.05) is 12.1 Å². The second kappa shape index (κ2) is 9.15. The van der Waals surface area contributed by atoms with E-state index in [9.17, 15) is 4.79 Å². The average molecular weight is 375 g/mol. The molecule has 0 bridgehead atoms. The third kappa shape index (κ3) is 5.41. The Morgan fingerprint density at radius 3 is 2.56 bits per heavy atom. The minimum Gasteiger partial charge on any atom is -0.484 e. The van der Waals surface area contributed by atoms with Crippen LogP contribution in [0, 0.1) is 0 Å². The lowest BCUT2D eigenvalue weighted by molar-refractivity contribution is -0.123. The second-order valence-corrected chi connectivity index (χ2v) is 8.58. The van der Waals surface area contributed by atoms with E-state index >= 15 is 0 Å². The summed E-state index contributed by atoms with van der Waals surface area (Å²) in [6.07, 6.45) is 4.73. The molecule has 1 aromatic heterocycles. The van der Waals surface area contributed by atoms with Crippen molar-refractivity contribution in [1.82, 2.24) is 10.3 Å². The van der Waals surface area contributed by atoms with Crippen molar-refractivity contribution < 1.29 is 9.53 Å². The highest BCUT2D eigenvalue weighted by Crippen LogP contribution is 2.43. The highest BCUT2D eigenvalue weighted by molar-refractivity contribution is 8.16. The molecule has 1 unspecified atom stereocenters. The second-order valence-electron chi connectivity index (χ2n) is 5.85. The SMILES string of the molecule is CC(NC(=O)COc1ccc(C2SCCCS2)cc1)c1ccncc1. The van der Waals surface area contributed by atoms with E-state index in [0.29, 0.717) is 4.58 Å². The Hall–Kier alpha value is -1.66. The number of pyridine rings is 1. The van der Waals surface area contributed by atoms with E-state index in [-0.39, 0.29) is 18.6 Å². The molecule has 2 aromatic rings. The van der Waals surface area contributed by atoms with Gasteiger partial charge in [0.05, 0.1) is 10.6 Å². The minimum atomic E-state index is -0.133. The first kappa shape index (κ1) is 18.1. The Labute approximate surface area is 157 Å². The fourth-order valence-electron chi connectivity index (χ4n) is 2.57. The molecule has 2 heterocycles. The smallest absolute Gasteiger partial charge is 0.258 e. The molecule has 0 spiro atoms. The maximum Gasteiger partial charge on any atom is 0.258 e. The van der Waals surface area contributed by atoms with Crippen LogP contribution in [0.4, 0.5) is 0 Å². The molecule has 4 nitrogen and oxygen atoms in total. The summed E-state index contributed by atoms with van der Waals surface area (Å²) < 4.78 is 6.13. The van der Waals surface area contributed by atoms with Gasteiger partial charge in [0.1, 0.15) is 5.75 Å². The van der Waals surface area contributed by atoms with Gasteiger partial charge in [-0.3, -0.25) is 9.78 Å². The van der Waals surface area contributed by atoms with E-state index in [2.05, 4.69) is 22.4 Å². The Morgan fingerprint density at radius 2 is 1.88 bits per heavy atom. The van der Waals surface area contributed by atoms with Gasteiger partial charge in [0, 0.05) is 12.4 Å². The standard InChI is InChI=1S/C19H22N2O2S2/c1-14(15-7-9-20-10-8-15)21-18(22)13-23-17-5-3-16(4-6-17)19-24-11-2-12-25-19/h3-10,14,19H,2,11-13H2,1H3,(H,21,22). The summed E-state index contributed by atoms with van der Waals surface area (Å²) in [5.41, 5.74) is 2.34. The van der Waals surface area contributed by atoms with Crippen LogP contribution in [-0.4, -0.2) is 29.0 Å². The van der Waals surface area contributed by atoms with Crippen molar-refractivity contribution in [3.63, 3.8) is 0 Å². The highest BCUT2D eigenvalue weighted by Gasteiger charge is 2.16. The summed E-state index contributed by atoms with van der Waals surface area (Å²) >= 11 is 4.00. The van der Waals surface area contributed by atoms with Crippen molar-refractivity contribution in [3.05, 3.63) is 59.9 Å². The number of amides is 1. The normalized spacial score (nSPS) is 16.2. The van der Waals surface area contributed by atoms with Gasteiger partial charge in [-0.05, 0) is 60.2 Å². The summed E-state index contributed by atoms with van der Waals surface area (Å²) in [4.78, 5) is 16.0. The summed E-state index contributed by atoms with van der Waals surface area (Å²) in [6.45, 7) is 1.96. The van der Waals surface area contributed by atoms with E-state index < -0.39 is 0 Å². The first-order chi connectivity index (χ1) is 12.2. The van der Waals surface area contributed by atoms with Gasteiger partial charge < -0.3 is 10.1 Å². The van der Waals surface area contributed by atoms with Gasteiger partial charge in [-0.15, -0.1) is 23.5 Å². The van der Waals surface area contributed by atoms with Crippen LogP contribution >= 0.6 is 23.5 Å². The summed E-state index contributed by atoms with van der Waals surface area (Å²) in [7, 11) is 0. The largest absolute Gasteiger partial charge is 0.484 e. The Bertz CT molecular complexity index is 674. The maximum absolute atomic E-state index is 12.1. The molecular formula is C19H22N2O2S2. The molecule has 3 rings (SSSR count). The average Bonchev–Trinajstić information content (AvgIpc) is 2.68. The summed E-state index contributed by atoms with van der Waals surface area (Å²) in [6, 6.07) is 11.8. The molecule has 0 radical (unpaired) electrons. The van der Waals surface area contributed by atoms with Crippen molar-refractivity contribution in [2.24, 2.45) is 0 Å². The quantitative estimate of drug-likeness (QED) is 0.821. The Morgan fingerprint density at radius 1 is 1.20 bits per heavy atom. The van der Waals surface area contributed by atoms with Gasteiger partial charge in [-0.2, -0.15) is 0 Å². The molecule has 0 saturated carbocycles. The van der Waals surface area contributed by atoms with Gasteiger partial charge in [0.25, 0.3) is 5.91 Å². The van der Waals surface area contributed by atoms with Crippen LogP contribution in [0.25, 0.3) is 0 Å². The molecule has 1 aliphatic rings. The summed E-state index contributed by atoms with van der Waals surface area (Å²) in [5, 5.41) is 2.93. The number of rotatable bonds is 6. The lowest BCUT2D eigenvalue weighted by atomic mass is 10.1. The molecule has 132 valence electrons. The van der Waals surface area contributed by atoms with Gasteiger partial charge in [-0.25, -0.2) is 0 Å². The number of carbonyl (C=O) groups is 1. The molecule has 0 aliphatic carbocycles. The topological polar surface area (TPSA) is 51.2 Å². The van der Waals surface area contributed by atoms with Crippen molar-refractivity contribution >= 4 is 29.4 Å². The predicted octanol–water partition coefficient (Wildman–Crippen LogP) is 4.21. The molecule has 1 fully saturated rings. The van der Waals surface area contributed by atoms with Crippen LogP contribution in [0.1, 0.15) is 35.1 Å². The Balaban J connectivity index is 1.47. The molecule has 1 aromatic carbocycles. The third-order valence-electron chi connectivity index (χ3n) is 3.93. The highest BCUT2D eigenvalue weighted by atomic mass is 32.2. The predicted molar refractivity (Wildman–Crippen MR) is 105 cm³/mol. The molecule has 1 saturated heterocycles. The number of hydrogen-bond acceptors (Lipinski definition) is 5. The van der Waals surface area contributed by atoms with Crippen LogP contribution in [0.15, 0.2) is 48.8 Å². The van der Waals surface area contributed by atoms with Crippen molar-refractivity contribution in [1.29, 1.82) is 0 Å². The van der Waals surface area contributed by atoms with Crippen LogP contribution in [0.5, 0.6) is 5.75 Å². The zero-order valence-corrected chi connectivity index (χ0v) is 15.8. The van der Waals surface area contributed by atoms with E-state index in [0.717, 1.165) is 11.3 Å². The number of benzene rings is 1. The van der Waals surface area contributed by atoms with Crippen LogP contribution in [-0.2, 0) is 4.79 Å². The van der Waals surface area contributed by atoms with Crippen molar-refractivity contribution in [2.75, 3.05) is 18.1 Å². The number of carbonyl (C=O) groups excluding carboxylic acids is 1. The van der Waals surface area contributed by atoms with Crippen molar-refractivity contribution in [2.45, 2.75) is 24.0 Å². The van der Waals surface area contributed by atoms with E-state index in [4.69, 9.17) is 4.74 Å². The fraction of sp³-hybridized carbons (Fsp3) is 0.368. The molecule has 1 atom stereocenters. The molecule has 25 heavy (non-hydrogen) atoms. The van der Waals surface area contributed by atoms with E-state index in [1.165, 1.54) is 23.5 Å².